The van der Waals surface area contributed by atoms with Gasteiger partial charge in [0.1, 0.15) is 15.0 Å². The number of carbonyl (C=O) groups is 1. The summed E-state index contributed by atoms with van der Waals surface area (Å²) in [6.07, 6.45) is 0.260. The Morgan fingerprint density at radius 3 is 1.95 bits per heavy atom. The van der Waals surface area contributed by atoms with Crippen LogP contribution in [-0.4, -0.2) is 18.9 Å². The molecule has 0 heterocycles. The molecule has 1 unspecified atom stereocenters. The molecule has 0 bridgehead atoms. The van der Waals surface area contributed by atoms with Gasteiger partial charge >= 0.3 is 5.97 Å². The Kier molecular flexibility index (Phi) is 5.52. The molecule has 0 fully saturated rings. The van der Waals surface area contributed by atoms with Gasteiger partial charge in [0.15, 0.2) is 11.6 Å². The average Bonchev–Trinajstić information content (AvgIpc) is 2.39. The molecule has 0 aliphatic rings. The van der Waals surface area contributed by atoms with Crippen molar-refractivity contribution >= 4 is 16.1 Å². The van der Waals surface area contributed by atoms with Crippen molar-refractivity contribution in [3.05, 3.63) is 23.3 Å². The Labute approximate surface area is 123 Å². The van der Waals surface area contributed by atoms with E-state index in [4.69, 9.17) is 0 Å². The summed E-state index contributed by atoms with van der Waals surface area (Å²) in [5.74, 6) is -12.5. The van der Waals surface area contributed by atoms with Crippen molar-refractivity contribution in [3.63, 3.8) is 0 Å². The molecule has 124 valence electrons. The van der Waals surface area contributed by atoms with Crippen molar-refractivity contribution < 1.29 is 40.1 Å². The van der Waals surface area contributed by atoms with Crippen LogP contribution >= 0.6 is 0 Å². The molecule has 0 saturated heterocycles. The summed E-state index contributed by atoms with van der Waals surface area (Å²) in [5, 5.41) is 0. The van der Waals surface area contributed by atoms with E-state index in [1.807, 2.05) is 0 Å². The molecule has 0 aliphatic carbocycles. The first-order valence-corrected chi connectivity index (χ1v) is 7.44. The summed E-state index contributed by atoms with van der Waals surface area (Å²) >= 11 is 0. The molecule has 1 aromatic rings. The molecular weight excluding hydrogens is 332 g/mol. The number of hydrogen-bond donors (Lipinski definition) is 0. The summed E-state index contributed by atoms with van der Waals surface area (Å²) in [5.41, 5.74) is 0. The lowest BCUT2D eigenvalue weighted by Gasteiger charge is -2.14. The molecule has 0 spiro atoms. The van der Waals surface area contributed by atoms with E-state index in [1.54, 1.807) is 13.8 Å². The molecule has 0 amide bonds. The fraction of sp³-hybridized carbons (Fsp3) is 0.417. The SMILES string of the molecule is CCC(C)CC(=O)Oc1c(F)c(F)c(S(=O)(=O)[O-])c(F)c1F. The van der Waals surface area contributed by atoms with Crippen molar-refractivity contribution in [2.45, 2.75) is 31.6 Å². The number of hydrogen-bond acceptors (Lipinski definition) is 5. The lowest BCUT2D eigenvalue weighted by atomic mass is 10.1. The third-order valence-corrected chi connectivity index (χ3v) is 3.72. The molecule has 0 aromatic heterocycles. The van der Waals surface area contributed by atoms with Gasteiger partial charge in [-0.05, 0) is 5.92 Å². The molecule has 10 heteroatoms. The summed E-state index contributed by atoms with van der Waals surface area (Å²) in [7, 11) is -5.80. The van der Waals surface area contributed by atoms with E-state index >= 15 is 0 Å². The highest BCUT2D eigenvalue weighted by atomic mass is 32.2. The van der Waals surface area contributed by atoms with E-state index in [-0.39, 0.29) is 12.3 Å². The minimum atomic E-state index is -5.80. The molecule has 1 aromatic carbocycles. The highest BCUT2D eigenvalue weighted by Gasteiger charge is 2.31. The first-order valence-electron chi connectivity index (χ1n) is 6.03. The number of esters is 1. The Balaban J connectivity index is 3.33. The van der Waals surface area contributed by atoms with Gasteiger partial charge < -0.3 is 9.29 Å². The largest absolute Gasteiger partial charge is 0.744 e. The van der Waals surface area contributed by atoms with Gasteiger partial charge in [-0.3, -0.25) is 4.79 Å². The Bertz CT molecular complexity index is 673. The number of benzene rings is 1. The maximum Gasteiger partial charge on any atom is 0.311 e. The summed E-state index contributed by atoms with van der Waals surface area (Å²) in [6.45, 7) is 3.36. The second-order valence-electron chi connectivity index (χ2n) is 4.56. The first kappa shape index (κ1) is 18.4. The van der Waals surface area contributed by atoms with E-state index in [0.29, 0.717) is 6.42 Å². The Morgan fingerprint density at radius 2 is 1.59 bits per heavy atom. The number of rotatable bonds is 5. The molecule has 0 radical (unpaired) electrons. The third kappa shape index (κ3) is 3.74. The molecule has 1 atom stereocenters. The van der Waals surface area contributed by atoms with Crippen molar-refractivity contribution in [1.82, 2.24) is 0 Å². The van der Waals surface area contributed by atoms with Gasteiger partial charge in [0.05, 0.1) is 0 Å². The zero-order valence-electron chi connectivity index (χ0n) is 11.5. The number of halogens is 4. The van der Waals surface area contributed by atoms with Gasteiger partial charge in [-0.15, -0.1) is 0 Å². The van der Waals surface area contributed by atoms with Crippen LogP contribution in [0, 0.1) is 29.2 Å². The van der Waals surface area contributed by atoms with Crippen molar-refractivity contribution in [1.29, 1.82) is 0 Å². The maximum atomic E-state index is 13.6. The molecule has 0 saturated carbocycles. The lowest BCUT2D eigenvalue weighted by molar-refractivity contribution is -0.135. The number of ether oxygens (including phenoxy) is 1. The van der Waals surface area contributed by atoms with Crippen LogP contribution in [0.3, 0.4) is 0 Å². The molecule has 0 aliphatic heterocycles. The quantitative estimate of drug-likeness (QED) is 0.270. The zero-order valence-corrected chi connectivity index (χ0v) is 12.3. The topological polar surface area (TPSA) is 83.5 Å². The molecule has 22 heavy (non-hydrogen) atoms. The first-order chi connectivity index (χ1) is 10.0. The van der Waals surface area contributed by atoms with Crippen molar-refractivity contribution in [2.24, 2.45) is 5.92 Å². The fourth-order valence-corrected chi connectivity index (χ4v) is 2.10. The molecule has 5 nitrogen and oxygen atoms in total. The normalized spacial score (nSPS) is 13.0. The Morgan fingerprint density at radius 1 is 1.14 bits per heavy atom. The lowest BCUT2D eigenvalue weighted by Crippen LogP contribution is -2.17. The van der Waals surface area contributed by atoms with Crippen molar-refractivity contribution in [2.75, 3.05) is 0 Å². The predicted molar refractivity (Wildman–Crippen MR) is 63.9 cm³/mol. The standard InChI is InChI=1S/C12H12F4O5S/c1-3-5(2)4-6(17)21-11-7(13)9(15)12(22(18,19)20)10(16)8(11)14/h5H,3-4H2,1-2H3,(H,18,19,20)/p-1. The van der Waals surface area contributed by atoms with Crippen LogP contribution in [0.25, 0.3) is 0 Å². The highest BCUT2D eigenvalue weighted by molar-refractivity contribution is 7.85. The molecule has 1 rings (SSSR count). The summed E-state index contributed by atoms with van der Waals surface area (Å²) in [6, 6.07) is 0. The van der Waals surface area contributed by atoms with Gasteiger partial charge in [0.2, 0.25) is 17.4 Å². The Hall–Kier alpha value is -1.68. The van der Waals surface area contributed by atoms with Crippen molar-refractivity contribution in [3.8, 4) is 5.75 Å². The summed E-state index contributed by atoms with van der Waals surface area (Å²) < 4.78 is 90.0. The van der Waals surface area contributed by atoms with Crippen LogP contribution in [0.2, 0.25) is 0 Å². The van der Waals surface area contributed by atoms with E-state index in [2.05, 4.69) is 4.74 Å². The van der Waals surface area contributed by atoms with E-state index in [0.717, 1.165) is 0 Å². The van der Waals surface area contributed by atoms with Crippen LogP contribution in [-0.2, 0) is 14.9 Å². The average molecular weight is 343 g/mol. The van der Waals surface area contributed by atoms with Crippen LogP contribution in [0.4, 0.5) is 17.6 Å². The molecule has 0 N–H and O–H groups in total. The van der Waals surface area contributed by atoms with Crippen LogP contribution in [0.1, 0.15) is 26.7 Å². The van der Waals surface area contributed by atoms with E-state index in [1.165, 1.54) is 0 Å². The second-order valence-corrected chi connectivity index (χ2v) is 5.88. The minimum absolute atomic E-state index is 0.213. The van der Waals surface area contributed by atoms with Gasteiger partial charge in [0.25, 0.3) is 0 Å². The predicted octanol–water partition coefficient (Wildman–Crippen LogP) is 2.49. The van der Waals surface area contributed by atoms with E-state index < -0.39 is 50.0 Å². The van der Waals surface area contributed by atoms with Crippen LogP contribution < -0.4 is 4.74 Å². The fourth-order valence-electron chi connectivity index (χ4n) is 1.48. The van der Waals surface area contributed by atoms with Crippen LogP contribution in [0.15, 0.2) is 4.90 Å². The zero-order chi connectivity index (χ0) is 17.2. The van der Waals surface area contributed by atoms with Gasteiger partial charge in [-0.25, -0.2) is 17.2 Å². The maximum absolute atomic E-state index is 13.6. The van der Waals surface area contributed by atoms with Gasteiger partial charge in [-0.2, -0.15) is 8.78 Å². The number of carbonyl (C=O) groups excluding carboxylic acids is 1. The second kappa shape index (κ2) is 6.61. The third-order valence-electron chi connectivity index (χ3n) is 2.86. The van der Waals surface area contributed by atoms with Crippen LogP contribution in [0.5, 0.6) is 5.75 Å². The van der Waals surface area contributed by atoms with Gasteiger partial charge in [0, 0.05) is 6.42 Å². The molecular formula is C12H11F4O5S-. The minimum Gasteiger partial charge on any atom is -0.744 e. The monoisotopic (exact) mass is 343 g/mol. The smallest absolute Gasteiger partial charge is 0.311 e. The highest BCUT2D eigenvalue weighted by Crippen LogP contribution is 2.32. The van der Waals surface area contributed by atoms with Gasteiger partial charge in [-0.1, -0.05) is 20.3 Å². The summed E-state index contributed by atoms with van der Waals surface area (Å²) in [4.78, 5) is 9.11. The van der Waals surface area contributed by atoms with E-state index in [9.17, 15) is 35.3 Å².